The van der Waals surface area contributed by atoms with Gasteiger partial charge in [-0.3, -0.25) is 14.5 Å². The van der Waals surface area contributed by atoms with E-state index in [2.05, 4.69) is 25.3 Å². The number of nitrogens with zero attached hydrogens (tertiary/aromatic N) is 6. The topological polar surface area (TPSA) is 116 Å². The summed E-state index contributed by atoms with van der Waals surface area (Å²) in [6.45, 7) is 3.12. The average Bonchev–Trinajstić information content (AvgIpc) is 3.11. The fourth-order valence-corrected chi connectivity index (χ4v) is 3.45. The SMILES string of the molecule is COC(=O)C(C)(C)c1nnc(-c2nn(Cc3ncccc3F)c3cc(Cl)ccc23)nc1O. The number of carbonyl (C=O) groups is 1. The van der Waals surface area contributed by atoms with Crippen LogP contribution in [-0.2, 0) is 21.5 Å². The van der Waals surface area contributed by atoms with E-state index < -0.39 is 23.1 Å². The molecule has 0 atom stereocenters. The summed E-state index contributed by atoms with van der Waals surface area (Å²) in [7, 11) is 1.24. The molecule has 0 unspecified atom stereocenters. The Bertz CT molecular complexity index is 1340. The van der Waals surface area contributed by atoms with Gasteiger partial charge in [-0.15, -0.1) is 10.2 Å². The molecule has 0 saturated carbocycles. The quantitative estimate of drug-likeness (QED) is 0.455. The van der Waals surface area contributed by atoms with Crippen molar-refractivity contribution < 1.29 is 19.0 Å². The van der Waals surface area contributed by atoms with Crippen LogP contribution in [0.25, 0.3) is 22.4 Å². The van der Waals surface area contributed by atoms with E-state index in [-0.39, 0.29) is 23.8 Å². The van der Waals surface area contributed by atoms with E-state index in [9.17, 15) is 14.3 Å². The molecule has 4 rings (SSSR count). The van der Waals surface area contributed by atoms with Gasteiger partial charge in [-0.1, -0.05) is 11.6 Å². The van der Waals surface area contributed by atoms with E-state index in [1.807, 2.05) is 0 Å². The molecule has 0 aliphatic rings. The second-order valence-electron chi connectivity index (χ2n) is 7.52. The third-order valence-corrected chi connectivity index (χ3v) is 5.25. The molecule has 9 nitrogen and oxygen atoms in total. The van der Waals surface area contributed by atoms with Crippen LogP contribution in [0.4, 0.5) is 4.39 Å². The van der Waals surface area contributed by atoms with E-state index in [0.717, 1.165) is 0 Å². The first kappa shape index (κ1) is 21.6. The van der Waals surface area contributed by atoms with Crippen molar-refractivity contribution in [1.82, 2.24) is 29.9 Å². The number of benzene rings is 1. The molecule has 0 radical (unpaired) electrons. The predicted octanol–water partition coefficient (Wildman–Crippen LogP) is 3.28. The number of hydrogen-bond acceptors (Lipinski definition) is 8. The number of halogens is 2. The molecular weight excluding hydrogens is 439 g/mol. The zero-order chi connectivity index (χ0) is 23.0. The molecule has 0 fully saturated rings. The molecule has 0 bridgehead atoms. The summed E-state index contributed by atoms with van der Waals surface area (Å²) >= 11 is 6.16. The standard InChI is InChI=1S/C21H18ClFN6O3/c1-21(2,20(31)32-3)17-19(30)25-18(27-26-17)16-12-7-6-11(22)9-15(12)29(28-16)10-14-13(23)5-4-8-24-14/h4-9H,10H2,1-3H3,(H,25,27,30). The summed E-state index contributed by atoms with van der Waals surface area (Å²) in [4.78, 5) is 20.2. The predicted molar refractivity (Wildman–Crippen MR) is 114 cm³/mol. The number of esters is 1. The van der Waals surface area contributed by atoms with Gasteiger partial charge in [0.2, 0.25) is 11.7 Å². The van der Waals surface area contributed by atoms with Crippen molar-refractivity contribution in [3.05, 3.63) is 58.8 Å². The Morgan fingerprint density at radius 3 is 2.75 bits per heavy atom. The normalized spacial score (nSPS) is 11.7. The maximum Gasteiger partial charge on any atom is 0.317 e. The number of carbonyl (C=O) groups excluding carboxylic acids is 1. The summed E-state index contributed by atoms with van der Waals surface area (Å²) in [5.41, 5.74) is -0.197. The highest BCUT2D eigenvalue weighted by atomic mass is 35.5. The van der Waals surface area contributed by atoms with Crippen molar-refractivity contribution in [2.75, 3.05) is 7.11 Å². The first-order valence-corrected chi connectivity index (χ1v) is 9.88. The Balaban J connectivity index is 1.82. The lowest BCUT2D eigenvalue weighted by Crippen LogP contribution is -2.32. The number of rotatable bonds is 5. The van der Waals surface area contributed by atoms with Gasteiger partial charge in [0, 0.05) is 16.6 Å². The number of hydrogen-bond donors (Lipinski definition) is 1. The Hall–Kier alpha value is -3.66. The molecule has 0 spiro atoms. The van der Waals surface area contributed by atoms with Crippen molar-refractivity contribution in [1.29, 1.82) is 0 Å². The molecule has 3 heterocycles. The highest BCUT2D eigenvalue weighted by molar-refractivity contribution is 6.31. The molecule has 0 aliphatic carbocycles. The minimum Gasteiger partial charge on any atom is -0.492 e. The lowest BCUT2D eigenvalue weighted by Gasteiger charge is -2.20. The number of fused-ring (bicyclic) bond motifs is 1. The Labute approximate surface area is 186 Å². The summed E-state index contributed by atoms with van der Waals surface area (Å²) in [6, 6.07) is 7.88. The minimum absolute atomic E-state index is 0.0273. The van der Waals surface area contributed by atoms with Crippen LogP contribution in [0.3, 0.4) is 0 Å². The lowest BCUT2D eigenvalue weighted by molar-refractivity contribution is -0.146. The summed E-state index contributed by atoms with van der Waals surface area (Å²) in [6.07, 6.45) is 1.49. The van der Waals surface area contributed by atoms with E-state index in [4.69, 9.17) is 16.3 Å². The third kappa shape index (κ3) is 3.73. The van der Waals surface area contributed by atoms with E-state index >= 15 is 0 Å². The van der Waals surface area contributed by atoms with Gasteiger partial charge in [0.05, 0.1) is 24.9 Å². The van der Waals surface area contributed by atoms with Crippen LogP contribution >= 0.6 is 11.6 Å². The first-order valence-electron chi connectivity index (χ1n) is 9.50. The van der Waals surface area contributed by atoms with Crippen LogP contribution in [0.15, 0.2) is 36.5 Å². The van der Waals surface area contributed by atoms with Crippen LogP contribution in [0, 0.1) is 5.82 Å². The largest absolute Gasteiger partial charge is 0.492 e. The van der Waals surface area contributed by atoms with Crippen LogP contribution in [0.2, 0.25) is 5.02 Å². The van der Waals surface area contributed by atoms with Crippen LogP contribution in [-0.4, -0.2) is 48.1 Å². The van der Waals surface area contributed by atoms with Gasteiger partial charge < -0.3 is 9.84 Å². The van der Waals surface area contributed by atoms with Crippen LogP contribution in [0.1, 0.15) is 25.2 Å². The van der Waals surface area contributed by atoms with E-state index in [1.165, 1.54) is 44.0 Å². The van der Waals surface area contributed by atoms with Crippen molar-refractivity contribution in [2.24, 2.45) is 0 Å². The van der Waals surface area contributed by atoms with Gasteiger partial charge in [-0.2, -0.15) is 10.1 Å². The van der Waals surface area contributed by atoms with E-state index in [1.54, 1.807) is 18.2 Å². The first-order chi connectivity index (χ1) is 15.2. The van der Waals surface area contributed by atoms with Crippen molar-refractivity contribution in [3.8, 4) is 17.4 Å². The molecule has 4 aromatic rings. The lowest BCUT2D eigenvalue weighted by atomic mass is 9.89. The Morgan fingerprint density at radius 2 is 2.06 bits per heavy atom. The van der Waals surface area contributed by atoms with Gasteiger partial charge in [-0.05, 0) is 44.2 Å². The Morgan fingerprint density at radius 1 is 1.28 bits per heavy atom. The summed E-state index contributed by atoms with van der Waals surface area (Å²) in [5, 5.41) is 24.2. The minimum atomic E-state index is -1.26. The maximum absolute atomic E-state index is 14.2. The fraction of sp³-hybridized carbons (Fsp3) is 0.238. The second-order valence-corrected chi connectivity index (χ2v) is 7.96. The second kappa shape index (κ2) is 8.12. The zero-order valence-corrected chi connectivity index (χ0v) is 18.1. The Kier molecular flexibility index (Phi) is 5.47. The monoisotopic (exact) mass is 456 g/mol. The molecule has 0 aliphatic heterocycles. The van der Waals surface area contributed by atoms with Crippen molar-refractivity contribution in [2.45, 2.75) is 25.8 Å². The maximum atomic E-state index is 14.2. The molecule has 1 N–H and O–H groups in total. The molecular formula is C21H18ClFN6O3. The molecule has 3 aromatic heterocycles. The molecule has 32 heavy (non-hydrogen) atoms. The highest BCUT2D eigenvalue weighted by Gasteiger charge is 2.37. The molecule has 0 saturated heterocycles. The number of ether oxygens (including phenoxy) is 1. The molecule has 164 valence electrons. The molecule has 1 aromatic carbocycles. The van der Waals surface area contributed by atoms with Crippen LogP contribution < -0.4 is 0 Å². The average molecular weight is 457 g/mol. The van der Waals surface area contributed by atoms with Gasteiger partial charge in [0.15, 0.2) is 0 Å². The smallest absolute Gasteiger partial charge is 0.317 e. The summed E-state index contributed by atoms with van der Waals surface area (Å²) in [5.74, 6) is -1.51. The molecule has 0 amide bonds. The van der Waals surface area contributed by atoms with Crippen LogP contribution in [0.5, 0.6) is 5.88 Å². The highest BCUT2D eigenvalue weighted by Crippen LogP contribution is 2.32. The summed E-state index contributed by atoms with van der Waals surface area (Å²) < 4.78 is 20.4. The van der Waals surface area contributed by atoms with Gasteiger partial charge >= 0.3 is 5.97 Å². The van der Waals surface area contributed by atoms with Gasteiger partial charge in [0.1, 0.15) is 22.6 Å². The number of pyridine rings is 1. The van der Waals surface area contributed by atoms with E-state index in [0.29, 0.717) is 21.6 Å². The zero-order valence-electron chi connectivity index (χ0n) is 17.4. The van der Waals surface area contributed by atoms with Gasteiger partial charge in [-0.25, -0.2) is 4.39 Å². The van der Waals surface area contributed by atoms with Gasteiger partial charge in [0.25, 0.3) is 0 Å². The molecule has 11 heteroatoms. The fourth-order valence-electron chi connectivity index (χ4n) is 3.28. The van der Waals surface area contributed by atoms with Crippen molar-refractivity contribution >= 4 is 28.5 Å². The van der Waals surface area contributed by atoms with Crippen molar-refractivity contribution in [3.63, 3.8) is 0 Å². The third-order valence-electron chi connectivity index (χ3n) is 5.02. The number of aromatic hydroxyl groups is 1. The number of methoxy groups -OCH3 is 1. The number of aromatic nitrogens is 6.